The molecule has 0 radical (unpaired) electrons. The lowest BCUT2D eigenvalue weighted by Crippen LogP contribution is -2.34. The van der Waals surface area contributed by atoms with Gasteiger partial charge in [-0.2, -0.15) is 0 Å². The molecule has 7 nitrogen and oxygen atoms in total. The topological polar surface area (TPSA) is 88.9 Å². The van der Waals surface area contributed by atoms with Crippen molar-refractivity contribution in [1.29, 1.82) is 0 Å². The molecule has 2 aromatic carbocycles. The van der Waals surface area contributed by atoms with Crippen LogP contribution < -0.4 is 10.6 Å². The van der Waals surface area contributed by atoms with Crippen molar-refractivity contribution in [3.05, 3.63) is 66.0 Å². The molecule has 0 saturated heterocycles. The quantitative estimate of drug-likeness (QED) is 0.601. The molecule has 0 aliphatic rings. The van der Waals surface area contributed by atoms with Crippen molar-refractivity contribution >= 4 is 29.3 Å². The number of amides is 2. The average molecular weight is 395 g/mol. The van der Waals surface area contributed by atoms with Crippen molar-refractivity contribution in [3.63, 3.8) is 0 Å². The first-order valence-electron chi connectivity index (χ1n) is 8.75. The van der Waals surface area contributed by atoms with E-state index in [1.54, 1.807) is 11.0 Å². The number of aromatic nitrogens is 3. The van der Waals surface area contributed by atoms with E-state index in [0.29, 0.717) is 5.16 Å². The van der Waals surface area contributed by atoms with Crippen molar-refractivity contribution in [2.24, 2.45) is 0 Å². The minimum absolute atomic E-state index is 0.0847. The Morgan fingerprint density at radius 1 is 1.04 bits per heavy atom. The maximum atomic E-state index is 12.1. The lowest BCUT2D eigenvalue weighted by atomic mass is 10.1. The van der Waals surface area contributed by atoms with Gasteiger partial charge in [0.15, 0.2) is 0 Å². The molecule has 1 heterocycles. The van der Waals surface area contributed by atoms with Gasteiger partial charge in [-0.3, -0.25) is 9.59 Å². The molecule has 2 N–H and O–H groups in total. The molecule has 0 aliphatic carbocycles. The molecule has 3 rings (SSSR count). The van der Waals surface area contributed by atoms with E-state index in [2.05, 4.69) is 20.7 Å². The molecule has 0 bridgehead atoms. The van der Waals surface area contributed by atoms with Gasteiger partial charge in [0.25, 0.3) is 0 Å². The largest absolute Gasteiger partial charge is 0.346 e. The maximum Gasteiger partial charge on any atom is 0.243 e. The van der Waals surface area contributed by atoms with Crippen LogP contribution in [0.25, 0.3) is 5.69 Å². The van der Waals surface area contributed by atoms with Crippen LogP contribution in [0.2, 0.25) is 0 Å². The summed E-state index contributed by atoms with van der Waals surface area (Å²) >= 11 is 1.22. The van der Waals surface area contributed by atoms with E-state index >= 15 is 0 Å². The van der Waals surface area contributed by atoms with Crippen molar-refractivity contribution in [3.8, 4) is 5.69 Å². The molecule has 1 aromatic heterocycles. The van der Waals surface area contributed by atoms with Gasteiger partial charge in [-0.1, -0.05) is 42.1 Å². The number of nitrogens with one attached hydrogen (secondary N) is 2. The van der Waals surface area contributed by atoms with Gasteiger partial charge >= 0.3 is 0 Å². The van der Waals surface area contributed by atoms with Crippen molar-refractivity contribution in [2.45, 2.75) is 19.0 Å². The summed E-state index contributed by atoms with van der Waals surface area (Å²) in [4.78, 5) is 28.2. The molecule has 0 atom stereocenters. The predicted molar refractivity (Wildman–Crippen MR) is 110 cm³/mol. The lowest BCUT2D eigenvalue weighted by molar-refractivity contribution is -0.122. The first kappa shape index (κ1) is 19.6. The van der Waals surface area contributed by atoms with Crippen LogP contribution in [0.5, 0.6) is 0 Å². The summed E-state index contributed by atoms with van der Waals surface area (Å²) in [5, 5.41) is 10.3. The van der Waals surface area contributed by atoms with E-state index < -0.39 is 0 Å². The second kappa shape index (κ2) is 9.18. The summed E-state index contributed by atoms with van der Waals surface area (Å²) in [7, 11) is 0. The smallest absolute Gasteiger partial charge is 0.243 e. The second-order valence-electron chi connectivity index (χ2n) is 6.17. The Morgan fingerprint density at radius 3 is 2.61 bits per heavy atom. The van der Waals surface area contributed by atoms with Gasteiger partial charge in [-0.25, -0.2) is 9.67 Å². The van der Waals surface area contributed by atoms with Crippen LogP contribution in [-0.4, -0.2) is 38.9 Å². The summed E-state index contributed by atoms with van der Waals surface area (Å²) in [6.45, 7) is 3.84. The number of anilines is 1. The average Bonchev–Trinajstić information content (AvgIpc) is 3.18. The number of benzene rings is 2. The summed E-state index contributed by atoms with van der Waals surface area (Å²) in [6, 6.07) is 15.3. The molecule has 2 amide bonds. The molecule has 3 aromatic rings. The van der Waals surface area contributed by atoms with Crippen LogP contribution in [0.3, 0.4) is 0 Å². The number of rotatable bonds is 7. The van der Waals surface area contributed by atoms with Gasteiger partial charge in [0.2, 0.25) is 17.0 Å². The van der Waals surface area contributed by atoms with Crippen LogP contribution in [0.1, 0.15) is 11.1 Å². The maximum absolute atomic E-state index is 12.1. The molecule has 144 valence electrons. The summed E-state index contributed by atoms with van der Waals surface area (Å²) in [5.74, 6) is -0.383. The summed E-state index contributed by atoms with van der Waals surface area (Å²) < 4.78 is 1.65. The monoisotopic (exact) mass is 395 g/mol. The van der Waals surface area contributed by atoms with Gasteiger partial charge in [-0.15, -0.1) is 5.10 Å². The Morgan fingerprint density at radius 2 is 1.82 bits per heavy atom. The molecule has 0 unspecified atom stereocenters. The van der Waals surface area contributed by atoms with Gasteiger partial charge in [0, 0.05) is 5.69 Å². The SMILES string of the molecule is Cc1cccc(NC(=O)CNC(=O)CSc2ncn(-c3ccccc3)n2)c1C. The molecule has 0 fully saturated rings. The van der Waals surface area contributed by atoms with E-state index in [-0.39, 0.29) is 24.1 Å². The van der Waals surface area contributed by atoms with Crippen LogP contribution in [0.4, 0.5) is 5.69 Å². The fraction of sp³-hybridized carbons (Fsp3) is 0.200. The van der Waals surface area contributed by atoms with Crippen LogP contribution in [-0.2, 0) is 9.59 Å². The van der Waals surface area contributed by atoms with E-state index in [9.17, 15) is 9.59 Å². The minimum atomic E-state index is -0.265. The molecule has 28 heavy (non-hydrogen) atoms. The summed E-state index contributed by atoms with van der Waals surface area (Å²) in [6.07, 6.45) is 1.60. The van der Waals surface area contributed by atoms with Crippen molar-refractivity contribution in [1.82, 2.24) is 20.1 Å². The zero-order valence-corrected chi connectivity index (χ0v) is 16.5. The van der Waals surface area contributed by atoms with Crippen molar-refractivity contribution < 1.29 is 9.59 Å². The Labute approximate surface area is 167 Å². The van der Waals surface area contributed by atoms with E-state index in [1.165, 1.54) is 11.8 Å². The number of hydrogen-bond donors (Lipinski definition) is 2. The second-order valence-corrected chi connectivity index (χ2v) is 7.11. The molecular formula is C20H21N5O2S. The fourth-order valence-corrected chi connectivity index (χ4v) is 3.09. The third kappa shape index (κ3) is 5.20. The highest BCUT2D eigenvalue weighted by Crippen LogP contribution is 2.17. The molecule has 8 heteroatoms. The third-order valence-corrected chi connectivity index (χ3v) is 5.00. The number of para-hydroxylation sites is 1. The Hall–Kier alpha value is -3.13. The first-order chi connectivity index (χ1) is 13.5. The number of aryl methyl sites for hydroxylation is 1. The zero-order chi connectivity index (χ0) is 19.9. The van der Waals surface area contributed by atoms with Crippen LogP contribution in [0, 0.1) is 13.8 Å². The highest BCUT2D eigenvalue weighted by Gasteiger charge is 2.10. The lowest BCUT2D eigenvalue weighted by Gasteiger charge is -2.10. The van der Waals surface area contributed by atoms with Crippen molar-refractivity contribution in [2.75, 3.05) is 17.6 Å². The third-order valence-electron chi connectivity index (χ3n) is 4.15. The van der Waals surface area contributed by atoms with Gasteiger partial charge in [-0.05, 0) is 43.2 Å². The van der Waals surface area contributed by atoms with E-state index in [1.807, 2.05) is 62.4 Å². The Bertz CT molecular complexity index is 972. The van der Waals surface area contributed by atoms with Gasteiger partial charge in [0.1, 0.15) is 6.33 Å². The van der Waals surface area contributed by atoms with Crippen LogP contribution in [0.15, 0.2) is 60.0 Å². The Balaban J connectivity index is 1.44. The normalized spacial score (nSPS) is 10.5. The molecule has 0 saturated carbocycles. The zero-order valence-electron chi connectivity index (χ0n) is 15.7. The van der Waals surface area contributed by atoms with E-state index in [4.69, 9.17) is 0 Å². The Kier molecular flexibility index (Phi) is 6.44. The highest BCUT2D eigenvalue weighted by molar-refractivity contribution is 7.99. The standard InChI is InChI=1S/C20H21N5O2S/c1-14-7-6-10-17(15(14)2)23-18(26)11-21-19(27)12-28-20-22-13-25(24-20)16-8-4-3-5-9-16/h3-10,13H,11-12H2,1-2H3,(H,21,27)(H,23,26). The number of thioether (sulfide) groups is 1. The molecular weight excluding hydrogens is 374 g/mol. The van der Waals surface area contributed by atoms with Gasteiger partial charge in [0.05, 0.1) is 18.0 Å². The van der Waals surface area contributed by atoms with Crippen LogP contribution >= 0.6 is 11.8 Å². The first-order valence-corrected chi connectivity index (χ1v) is 9.74. The minimum Gasteiger partial charge on any atom is -0.346 e. The fourth-order valence-electron chi connectivity index (χ4n) is 2.46. The molecule has 0 aliphatic heterocycles. The number of hydrogen-bond acceptors (Lipinski definition) is 5. The number of nitrogens with zero attached hydrogens (tertiary/aromatic N) is 3. The highest BCUT2D eigenvalue weighted by atomic mass is 32.2. The van der Waals surface area contributed by atoms with Gasteiger partial charge < -0.3 is 10.6 Å². The summed E-state index contributed by atoms with van der Waals surface area (Å²) in [5.41, 5.74) is 3.76. The predicted octanol–water partition coefficient (Wildman–Crippen LogP) is 2.73. The van der Waals surface area contributed by atoms with E-state index in [0.717, 1.165) is 22.5 Å². The number of carbonyl (C=O) groups is 2. The number of carbonyl (C=O) groups excluding carboxylic acids is 2. The molecule has 0 spiro atoms.